The molecule has 0 unspecified atom stereocenters. The van der Waals surface area contributed by atoms with Gasteiger partial charge in [0.05, 0.1) is 43.2 Å². The molecule has 31 heavy (non-hydrogen) atoms. The van der Waals surface area contributed by atoms with Gasteiger partial charge in [0.1, 0.15) is 11.5 Å². The summed E-state index contributed by atoms with van der Waals surface area (Å²) in [7, 11) is 4.87. The van der Waals surface area contributed by atoms with Gasteiger partial charge in [0.25, 0.3) is 5.91 Å². The third-order valence-electron chi connectivity index (χ3n) is 4.99. The van der Waals surface area contributed by atoms with Crippen LogP contribution in [0.2, 0.25) is 0 Å². The molecule has 4 rings (SSSR count). The molecule has 4 aromatic rings. The van der Waals surface area contributed by atoms with Crippen molar-refractivity contribution < 1.29 is 18.8 Å². The highest BCUT2D eigenvalue weighted by molar-refractivity contribution is 6.00. The van der Waals surface area contributed by atoms with E-state index < -0.39 is 0 Å². The SMILES string of the molecule is COc1ccc2[nH]c(C(=O)N(C)Cc3nc(C)ncc3-c3cc(C)no3)cc2c1OC. The van der Waals surface area contributed by atoms with E-state index >= 15 is 0 Å². The predicted molar refractivity (Wildman–Crippen MR) is 114 cm³/mol. The summed E-state index contributed by atoms with van der Waals surface area (Å²) in [5, 5.41) is 4.71. The van der Waals surface area contributed by atoms with Crippen molar-refractivity contribution in [3.63, 3.8) is 0 Å². The normalized spacial score (nSPS) is 11.0. The number of fused-ring (bicyclic) bond motifs is 1. The topological polar surface area (TPSA) is 106 Å². The number of carbonyl (C=O) groups is 1. The van der Waals surface area contributed by atoms with Crippen LogP contribution in [0.5, 0.6) is 11.5 Å². The minimum Gasteiger partial charge on any atom is -0.493 e. The van der Waals surface area contributed by atoms with Crippen LogP contribution in [0, 0.1) is 13.8 Å². The van der Waals surface area contributed by atoms with Crippen LogP contribution < -0.4 is 9.47 Å². The lowest BCUT2D eigenvalue weighted by atomic mass is 10.1. The number of ether oxygens (including phenoxy) is 2. The number of carbonyl (C=O) groups excluding carboxylic acids is 1. The third kappa shape index (κ3) is 3.81. The van der Waals surface area contributed by atoms with E-state index in [9.17, 15) is 4.79 Å². The molecule has 1 N–H and O–H groups in total. The summed E-state index contributed by atoms with van der Waals surface area (Å²) in [6.45, 7) is 3.92. The highest BCUT2D eigenvalue weighted by Gasteiger charge is 2.21. The van der Waals surface area contributed by atoms with Gasteiger partial charge in [-0.1, -0.05) is 5.16 Å². The second kappa shape index (κ2) is 8.10. The lowest BCUT2D eigenvalue weighted by Gasteiger charge is -2.17. The van der Waals surface area contributed by atoms with Crippen LogP contribution in [0.15, 0.2) is 35.0 Å². The van der Waals surface area contributed by atoms with Gasteiger partial charge in [-0.25, -0.2) is 9.97 Å². The van der Waals surface area contributed by atoms with Crippen LogP contribution in [-0.2, 0) is 6.54 Å². The van der Waals surface area contributed by atoms with E-state index in [0.717, 1.165) is 16.6 Å². The van der Waals surface area contributed by atoms with E-state index in [1.165, 1.54) is 0 Å². The van der Waals surface area contributed by atoms with Crippen molar-refractivity contribution in [1.29, 1.82) is 0 Å². The van der Waals surface area contributed by atoms with Gasteiger partial charge < -0.3 is 23.9 Å². The van der Waals surface area contributed by atoms with Crippen molar-refractivity contribution in [2.24, 2.45) is 0 Å². The molecule has 0 atom stereocenters. The first-order valence-corrected chi connectivity index (χ1v) is 9.66. The third-order valence-corrected chi connectivity index (χ3v) is 4.99. The van der Waals surface area contributed by atoms with Crippen LogP contribution in [-0.4, -0.2) is 52.2 Å². The molecule has 9 heteroatoms. The number of nitrogens with zero attached hydrogens (tertiary/aromatic N) is 4. The number of benzene rings is 1. The first-order valence-electron chi connectivity index (χ1n) is 9.66. The molecule has 0 saturated heterocycles. The Balaban J connectivity index is 1.65. The number of aryl methyl sites for hydroxylation is 2. The highest BCUT2D eigenvalue weighted by Crippen LogP contribution is 2.36. The van der Waals surface area contributed by atoms with Crippen molar-refractivity contribution in [3.05, 3.63) is 53.4 Å². The number of hydrogen-bond acceptors (Lipinski definition) is 7. The molecule has 3 heterocycles. The second-order valence-corrected chi connectivity index (χ2v) is 7.22. The highest BCUT2D eigenvalue weighted by atomic mass is 16.5. The number of amides is 1. The standard InChI is InChI=1S/C22H23N5O4/c1-12-8-20(31-26-12)15-10-23-13(2)24-18(15)11-27(3)22(28)17-9-14-16(25-17)6-7-19(29-4)21(14)30-5/h6-10,25H,11H2,1-5H3. The lowest BCUT2D eigenvalue weighted by molar-refractivity contribution is 0.0778. The van der Waals surface area contributed by atoms with Gasteiger partial charge in [-0.3, -0.25) is 4.79 Å². The van der Waals surface area contributed by atoms with Gasteiger partial charge in [-0.2, -0.15) is 0 Å². The number of H-pyrrole nitrogens is 1. The first-order chi connectivity index (χ1) is 14.9. The Labute approximate surface area is 179 Å². The molecular weight excluding hydrogens is 398 g/mol. The maximum atomic E-state index is 13.2. The molecule has 0 aliphatic carbocycles. The lowest BCUT2D eigenvalue weighted by Crippen LogP contribution is -2.27. The fraction of sp³-hybridized carbons (Fsp3) is 0.273. The van der Waals surface area contributed by atoms with Crippen molar-refractivity contribution in [1.82, 2.24) is 25.0 Å². The van der Waals surface area contributed by atoms with E-state index in [0.29, 0.717) is 40.0 Å². The average Bonchev–Trinajstić information content (AvgIpc) is 3.38. The van der Waals surface area contributed by atoms with Crippen LogP contribution in [0.4, 0.5) is 0 Å². The zero-order valence-corrected chi connectivity index (χ0v) is 18.0. The van der Waals surface area contributed by atoms with Gasteiger partial charge in [0, 0.05) is 24.7 Å². The van der Waals surface area contributed by atoms with Crippen LogP contribution in [0.3, 0.4) is 0 Å². The van der Waals surface area contributed by atoms with Gasteiger partial charge >= 0.3 is 0 Å². The Bertz CT molecular complexity index is 1260. The largest absolute Gasteiger partial charge is 0.493 e. The molecule has 0 bridgehead atoms. The average molecular weight is 421 g/mol. The quantitative estimate of drug-likeness (QED) is 0.508. The molecule has 0 fully saturated rings. The van der Waals surface area contributed by atoms with E-state index in [1.54, 1.807) is 51.4 Å². The number of aromatic amines is 1. The molecule has 160 valence electrons. The van der Waals surface area contributed by atoms with Crippen LogP contribution >= 0.6 is 0 Å². The van der Waals surface area contributed by atoms with Crippen LogP contribution in [0.25, 0.3) is 22.2 Å². The maximum absolute atomic E-state index is 13.2. The van der Waals surface area contributed by atoms with E-state index in [4.69, 9.17) is 14.0 Å². The molecule has 9 nitrogen and oxygen atoms in total. The zero-order valence-electron chi connectivity index (χ0n) is 18.0. The minimum atomic E-state index is -0.187. The maximum Gasteiger partial charge on any atom is 0.270 e. The van der Waals surface area contributed by atoms with E-state index in [1.807, 2.05) is 19.1 Å². The minimum absolute atomic E-state index is 0.187. The van der Waals surface area contributed by atoms with Gasteiger partial charge in [-0.05, 0) is 32.0 Å². The summed E-state index contributed by atoms with van der Waals surface area (Å²) < 4.78 is 16.2. The summed E-state index contributed by atoms with van der Waals surface area (Å²) >= 11 is 0. The molecule has 0 saturated carbocycles. The van der Waals surface area contributed by atoms with Gasteiger partial charge in [0.15, 0.2) is 17.3 Å². The number of methoxy groups -OCH3 is 2. The number of nitrogens with one attached hydrogen (secondary N) is 1. The predicted octanol–water partition coefficient (Wildman–Crippen LogP) is 3.52. The Morgan fingerprint density at radius 2 is 2.00 bits per heavy atom. The zero-order chi connectivity index (χ0) is 22.1. The monoisotopic (exact) mass is 421 g/mol. The van der Waals surface area contributed by atoms with E-state index in [2.05, 4.69) is 20.1 Å². The smallest absolute Gasteiger partial charge is 0.270 e. The Kier molecular flexibility index (Phi) is 5.33. The second-order valence-electron chi connectivity index (χ2n) is 7.22. The molecule has 3 aromatic heterocycles. The molecule has 1 amide bonds. The summed E-state index contributed by atoms with van der Waals surface area (Å²) in [4.78, 5) is 26.7. The molecule has 0 radical (unpaired) electrons. The molecule has 0 aliphatic heterocycles. The summed E-state index contributed by atoms with van der Waals surface area (Å²) in [6, 6.07) is 7.23. The number of hydrogen-bond donors (Lipinski definition) is 1. The molecule has 0 aliphatic rings. The van der Waals surface area contributed by atoms with Crippen LogP contribution in [0.1, 0.15) is 27.7 Å². The van der Waals surface area contributed by atoms with Gasteiger partial charge in [0.2, 0.25) is 0 Å². The molecular formula is C22H23N5O4. The first kappa shape index (κ1) is 20.4. The van der Waals surface area contributed by atoms with E-state index in [-0.39, 0.29) is 12.5 Å². The Morgan fingerprint density at radius 1 is 1.19 bits per heavy atom. The summed E-state index contributed by atoms with van der Waals surface area (Å²) in [5.74, 6) is 2.17. The summed E-state index contributed by atoms with van der Waals surface area (Å²) in [6.07, 6.45) is 1.69. The Hall–Kier alpha value is -3.88. The van der Waals surface area contributed by atoms with Crippen molar-refractivity contribution in [3.8, 4) is 22.8 Å². The van der Waals surface area contributed by atoms with Crippen molar-refractivity contribution in [2.45, 2.75) is 20.4 Å². The Morgan fingerprint density at radius 3 is 2.68 bits per heavy atom. The molecule has 0 spiro atoms. The fourth-order valence-electron chi connectivity index (χ4n) is 3.48. The van der Waals surface area contributed by atoms with Crippen molar-refractivity contribution in [2.75, 3.05) is 21.3 Å². The van der Waals surface area contributed by atoms with Crippen molar-refractivity contribution >= 4 is 16.8 Å². The number of aromatic nitrogens is 4. The fourth-order valence-corrected chi connectivity index (χ4v) is 3.48. The number of rotatable bonds is 6. The van der Waals surface area contributed by atoms with Gasteiger partial charge in [-0.15, -0.1) is 0 Å². The summed E-state index contributed by atoms with van der Waals surface area (Å²) in [5.41, 5.74) is 3.36. The molecule has 1 aromatic carbocycles.